The summed E-state index contributed by atoms with van der Waals surface area (Å²) in [6.45, 7) is 8.03. The van der Waals surface area contributed by atoms with Gasteiger partial charge in [0.25, 0.3) is 5.91 Å². The number of nitrogen functional groups attached to an aromatic ring is 1. The summed E-state index contributed by atoms with van der Waals surface area (Å²) in [4.78, 5) is 14.4. The molecule has 4 heteroatoms. The highest BCUT2D eigenvalue weighted by Gasteiger charge is 2.19. The van der Waals surface area contributed by atoms with Crippen molar-refractivity contribution in [2.75, 3.05) is 25.4 Å². The van der Waals surface area contributed by atoms with Gasteiger partial charge in [-0.05, 0) is 31.9 Å². The lowest BCUT2D eigenvalue weighted by molar-refractivity contribution is 0.0751. The molecule has 2 N–H and O–H groups in total. The Morgan fingerprint density at radius 1 is 1.21 bits per heavy atom. The molecule has 0 fully saturated rings. The van der Waals surface area contributed by atoms with E-state index in [-0.39, 0.29) is 5.91 Å². The fourth-order valence-electron chi connectivity index (χ4n) is 2.05. The van der Waals surface area contributed by atoms with Gasteiger partial charge in [0.15, 0.2) is 5.75 Å². The average molecular weight is 264 g/mol. The number of ether oxygens (including phenoxy) is 1. The van der Waals surface area contributed by atoms with Crippen LogP contribution in [0.1, 0.15) is 44.0 Å². The zero-order valence-electron chi connectivity index (χ0n) is 12.1. The molecular formula is C15H24N2O2. The van der Waals surface area contributed by atoms with Gasteiger partial charge in [-0.25, -0.2) is 0 Å². The molecule has 19 heavy (non-hydrogen) atoms. The second-order valence-corrected chi connectivity index (χ2v) is 4.45. The van der Waals surface area contributed by atoms with Crippen molar-refractivity contribution < 1.29 is 9.53 Å². The molecule has 1 rings (SSSR count). The predicted octanol–water partition coefficient (Wildman–Crippen LogP) is 2.93. The Kier molecular flexibility index (Phi) is 6.19. The maximum Gasteiger partial charge on any atom is 0.257 e. The van der Waals surface area contributed by atoms with E-state index in [1.807, 2.05) is 11.8 Å². The number of hydrogen-bond acceptors (Lipinski definition) is 3. The fourth-order valence-corrected chi connectivity index (χ4v) is 2.05. The number of para-hydroxylation sites is 1. The van der Waals surface area contributed by atoms with Gasteiger partial charge in [0.05, 0.1) is 17.9 Å². The molecule has 0 aliphatic carbocycles. The summed E-state index contributed by atoms with van der Waals surface area (Å²) in [7, 11) is 0. The third-order valence-corrected chi connectivity index (χ3v) is 2.84. The van der Waals surface area contributed by atoms with Crippen LogP contribution in [-0.4, -0.2) is 30.5 Å². The van der Waals surface area contributed by atoms with E-state index in [0.29, 0.717) is 23.6 Å². The van der Waals surface area contributed by atoms with Gasteiger partial charge < -0.3 is 15.4 Å². The number of amides is 1. The number of rotatable bonds is 7. The Hall–Kier alpha value is -1.71. The zero-order valence-corrected chi connectivity index (χ0v) is 12.1. The van der Waals surface area contributed by atoms with E-state index in [1.165, 1.54) is 0 Å². The lowest BCUT2D eigenvalue weighted by Crippen LogP contribution is -2.32. The van der Waals surface area contributed by atoms with E-state index >= 15 is 0 Å². The van der Waals surface area contributed by atoms with Gasteiger partial charge in [0.2, 0.25) is 0 Å². The number of benzene rings is 1. The Labute approximate surface area is 115 Å². The van der Waals surface area contributed by atoms with Gasteiger partial charge in [-0.3, -0.25) is 4.79 Å². The number of hydrogen-bond donors (Lipinski definition) is 1. The van der Waals surface area contributed by atoms with E-state index in [9.17, 15) is 4.79 Å². The fraction of sp³-hybridized carbons (Fsp3) is 0.533. The van der Waals surface area contributed by atoms with Crippen LogP contribution in [-0.2, 0) is 0 Å². The van der Waals surface area contributed by atoms with E-state index in [0.717, 1.165) is 25.9 Å². The van der Waals surface area contributed by atoms with Crippen LogP contribution in [0.25, 0.3) is 0 Å². The minimum atomic E-state index is -0.000509. The molecule has 0 heterocycles. The van der Waals surface area contributed by atoms with Gasteiger partial charge in [-0.1, -0.05) is 19.9 Å². The van der Waals surface area contributed by atoms with Gasteiger partial charge in [0, 0.05) is 13.1 Å². The first-order valence-corrected chi connectivity index (χ1v) is 6.96. The third kappa shape index (κ3) is 3.88. The van der Waals surface area contributed by atoms with Crippen LogP contribution >= 0.6 is 0 Å². The molecule has 0 unspecified atom stereocenters. The number of carbonyl (C=O) groups excluding carboxylic acids is 1. The topological polar surface area (TPSA) is 55.6 Å². The SMILES string of the molecule is CCCN(CCC)C(=O)c1cccc(N)c1OCC. The highest BCUT2D eigenvalue weighted by molar-refractivity contribution is 5.98. The highest BCUT2D eigenvalue weighted by atomic mass is 16.5. The molecule has 4 nitrogen and oxygen atoms in total. The van der Waals surface area contributed by atoms with E-state index in [4.69, 9.17) is 10.5 Å². The first-order valence-electron chi connectivity index (χ1n) is 6.96. The predicted molar refractivity (Wildman–Crippen MR) is 78.5 cm³/mol. The van der Waals surface area contributed by atoms with Gasteiger partial charge in [-0.2, -0.15) is 0 Å². The van der Waals surface area contributed by atoms with Crippen LogP contribution in [0, 0.1) is 0 Å². The first-order chi connectivity index (χ1) is 9.15. The molecule has 0 aliphatic rings. The molecule has 0 radical (unpaired) electrons. The Morgan fingerprint density at radius 2 is 1.84 bits per heavy atom. The summed E-state index contributed by atoms with van der Waals surface area (Å²) in [6, 6.07) is 5.33. The molecule has 1 amide bonds. The molecule has 0 bridgehead atoms. The number of nitrogens with zero attached hydrogens (tertiary/aromatic N) is 1. The highest BCUT2D eigenvalue weighted by Crippen LogP contribution is 2.27. The van der Waals surface area contributed by atoms with Crippen molar-refractivity contribution in [1.82, 2.24) is 4.90 Å². The number of anilines is 1. The number of nitrogens with two attached hydrogens (primary N) is 1. The molecule has 1 aromatic carbocycles. The van der Waals surface area contributed by atoms with E-state index in [1.54, 1.807) is 18.2 Å². The van der Waals surface area contributed by atoms with Crippen LogP contribution in [0.15, 0.2) is 18.2 Å². The normalized spacial score (nSPS) is 10.3. The molecular weight excluding hydrogens is 240 g/mol. The maximum atomic E-state index is 12.6. The van der Waals surface area contributed by atoms with Crippen LogP contribution in [0.3, 0.4) is 0 Å². The van der Waals surface area contributed by atoms with Crippen molar-refractivity contribution in [3.05, 3.63) is 23.8 Å². The monoisotopic (exact) mass is 264 g/mol. The Morgan fingerprint density at radius 3 is 2.37 bits per heavy atom. The molecule has 0 spiro atoms. The summed E-state index contributed by atoms with van der Waals surface area (Å²) < 4.78 is 5.52. The van der Waals surface area contributed by atoms with Gasteiger partial charge >= 0.3 is 0 Å². The van der Waals surface area contributed by atoms with Gasteiger partial charge in [0.1, 0.15) is 0 Å². The minimum Gasteiger partial charge on any atom is -0.491 e. The molecule has 0 saturated heterocycles. The summed E-state index contributed by atoms with van der Waals surface area (Å²) in [6.07, 6.45) is 1.88. The second-order valence-electron chi connectivity index (χ2n) is 4.45. The quantitative estimate of drug-likeness (QED) is 0.770. The van der Waals surface area contributed by atoms with Crippen molar-refractivity contribution in [1.29, 1.82) is 0 Å². The second kappa shape index (κ2) is 7.67. The van der Waals surface area contributed by atoms with E-state index in [2.05, 4.69) is 13.8 Å². The van der Waals surface area contributed by atoms with Crippen molar-refractivity contribution in [3.8, 4) is 5.75 Å². The molecule has 0 saturated carbocycles. The maximum absolute atomic E-state index is 12.6. The van der Waals surface area contributed by atoms with Crippen LogP contribution in [0.4, 0.5) is 5.69 Å². The molecule has 0 aliphatic heterocycles. The lowest BCUT2D eigenvalue weighted by Gasteiger charge is -2.23. The molecule has 0 aromatic heterocycles. The van der Waals surface area contributed by atoms with Crippen molar-refractivity contribution in [3.63, 3.8) is 0 Å². The van der Waals surface area contributed by atoms with Crippen LogP contribution < -0.4 is 10.5 Å². The molecule has 0 atom stereocenters. The standard InChI is InChI=1S/C15H24N2O2/c1-4-10-17(11-5-2)15(18)12-8-7-9-13(16)14(12)19-6-3/h7-9H,4-6,10-11,16H2,1-3H3. The summed E-state index contributed by atoms with van der Waals surface area (Å²) in [5.74, 6) is 0.506. The smallest absolute Gasteiger partial charge is 0.257 e. The third-order valence-electron chi connectivity index (χ3n) is 2.84. The summed E-state index contributed by atoms with van der Waals surface area (Å²) in [5.41, 5.74) is 6.97. The van der Waals surface area contributed by atoms with Gasteiger partial charge in [-0.15, -0.1) is 0 Å². The van der Waals surface area contributed by atoms with Crippen LogP contribution in [0.2, 0.25) is 0 Å². The first kappa shape index (κ1) is 15.3. The Bertz CT molecular complexity index is 413. The zero-order chi connectivity index (χ0) is 14.3. The summed E-state index contributed by atoms with van der Waals surface area (Å²) in [5, 5.41) is 0. The van der Waals surface area contributed by atoms with Crippen LogP contribution in [0.5, 0.6) is 5.75 Å². The van der Waals surface area contributed by atoms with Crippen molar-refractivity contribution in [2.45, 2.75) is 33.6 Å². The Balaban J connectivity index is 3.05. The number of carbonyl (C=O) groups is 1. The molecule has 106 valence electrons. The minimum absolute atomic E-state index is 0.000509. The van der Waals surface area contributed by atoms with Crippen molar-refractivity contribution in [2.24, 2.45) is 0 Å². The molecule has 1 aromatic rings. The largest absolute Gasteiger partial charge is 0.491 e. The van der Waals surface area contributed by atoms with Crippen molar-refractivity contribution >= 4 is 11.6 Å². The average Bonchev–Trinajstić information content (AvgIpc) is 2.40. The van der Waals surface area contributed by atoms with E-state index < -0.39 is 0 Å². The summed E-state index contributed by atoms with van der Waals surface area (Å²) >= 11 is 0. The lowest BCUT2D eigenvalue weighted by atomic mass is 10.1.